The highest BCUT2D eigenvalue weighted by atomic mass is 35.5. The van der Waals surface area contributed by atoms with Crippen LogP contribution in [0.1, 0.15) is 56.6 Å². The van der Waals surface area contributed by atoms with E-state index in [-0.39, 0.29) is 0 Å². The average molecular weight is 292 g/mol. The fourth-order valence-corrected chi connectivity index (χ4v) is 4.22. The summed E-state index contributed by atoms with van der Waals surface area (Å²) in [4.78, 5) is 0. The van der Waals surface area contributed by atoms with Crippen LogP contribution in [0.4, 0.5) is 0 Å². The number of benzene rings is 1. The molecule has 1 nitrogen and oxygen atoms in total. The van der Waals surface area contributed by atoms with Gasteiger partial charge in [-0.1, -0.05) is 43.4 Å². The normalized spacial score (nSPS) is 25.2. The van der Waals surface area contributed by atoms with Crippen LogP contribution < -0.4 is 5.32 Å². The summed E-state index contributed by atoms with van der Waals surface area (Å²) in [5.41, 5.74) is 2.93. The molecule has 2 atom stereocenters. The van der Waals surface area contributed by atoms with E-state index in [0.29, 0.717) is 12.1 Å². The summed E-state index contributed by atoms with van der Waals surface area (Å²) in [6.07, 6.45) is 10.9. The molecular weight excluding hydrogens is 266 g/mol. The smallest absolute Gasteiger partial charge is 0.0408 e. The molecule has 1 fully saturated rings. The molecule has 0 amide bonds. The van der Waals surface area contributed by atoms with E-state index in [1.54, 1.807) is 0 Å². The number of rotatable bonds is 3. The highest BCUT2D eigenvalue weighted by molar-refractivity contribution is 6.30. The van der Waals surface area contributed by atoms with Crippen LogP contribution in [-0.4, -0.2) is 12.1 Å². The van der Waals surface area contributed by atoms with Gasteiger partial charge in [0.2, 0.25) is 0 Å². The molecule has 0 aliphatic heterocycles. The van der Waals surface area contributed by atoms with Gasteiger partial charge in [-0.25, -0.2) is 0 Å². The van der Waals surface area contributed by atoms with E-state index in [2.05, 4.69) is 24.4 Å². The zero-order chi connectivity index (χ0) is 13.9. The molecule has 1 N–H and O–H groups in total. The molecule has 2 aliphatic rings. The van der Waals surface area contributed by atoms with Crippen LogP contribution in [0.5, 0.6) is 0 Å². The van der Waals surface area contributed by atoms with Gasteiger partial charge in [-0.2, -0.15) is 0 Å². The molecule has 0 saturated heterocycles. The SMILES string of the molecule is C[C@H](NC1Cc2ccc(Cl)cc2C1)C1CCCCCC1. The van der Waals surface area contributed by atoms with E-state index in [1.807, 2.05) is 6.07 Å². The second kappa shape index (κ2) is 6.49. The third-order valence-electron chi connectivity index (χ3n) is 5.21. The summed E-state index contributed by atoms with van der Waals surface area (Å²) < 4.78 is 0. The van der Waals surface area contributed by atoms with Gasteiger partial charge in [-0.05, 0) is 61.8 Å². The maximum Gasteiger partial charge on any atom is 0.0408 e. The minimum Gasteiger partial charge on any atom is -0.311 e. The average Bonchev–Trinajstić information content (AvgIpc) is 2.64. The predicted molar refractivity (Wildman–Crippen MR) is 86.4 cm³/mol. The molecule has 0 bridgehead atoms. The number of fused-ring (bicyclic) bond motifs is 1. The van der Waals surface area contributed by atoms with Crippen molar-refractivity contribution in [2.75, 3.05) is 0 Å². The summed E-state index contributed by atoms with van der Waals surface area (Å²) in [7, 11) is 0. The van der Waals surface area contributed by atoms with E-state index in [4.69, 9.17) is 11.6 Å². The van der Waals surface area contributed by atoms with Gasteiger partial charge < -0.3 is 5.32 Å². The van der Waals surface area contributed by atoms with Crippen LogP contribution in [0.2, 0.25) is 5.02 Å². The summed E-state index contributed by atoms with van der Waals surface area (Å²) in [5, 5.41) is 4.78. The molecule has 0 heterocycles. The van der Waals surface area contributed by atoms with Gasteiger partial charge in [0.15, 0.2) is 0 Å². The topological polar surface area (TPSA) is 12.0 Å². The fraction of sp³-hybridized carbons (Fsp3) is 0.667. The molecule has 0 spiro atoms. The van der Waals surface area contributed by atoms with Crippen molar-refractivity contribution in [2.24, 2.45) is 5.92 Å². The lowest BCUT2D eigenvalue weighted by molar-refractivity contribution is 0.311. The molecule has 1 aromatic carbocycles. The van der Waals surface area contributed by atoms with E-state index in [1.165, 1.54) is 56.1 Å². The van der Waals surface area contributed by atoms with Crippen LogP contribution in [0, 0.1) is 5.92 Å². The predicted octanol–water partition coefficient (Wildman–Crippen LogP) is 4.76. The maximum absolute atomic E-state index is 6.10. The molecule has 0 aromatic heterocycles. The largest absolute Gasteiger partial charge is 0.311 e. The molecule has 2 heteroatoms. The zero-order valence-electron chi connectivity index (χ0n) is 12.5. The molecule has 1 unspecified atom stereocenters. The van der Waals surface area contributed by atoms with Gasteiger partial charge in [0, 0.05) is 17.1 Å². The van der Waals surface area contributed by atoms with E-state index >= 15 is 0 Å². The summed E-state index contributed by atoms with van der Waals surface area (Å²) in [6.45, 7) is 2.39. The van der Waals surface area contributed by atoms with Crippen molar-refractivity contribution >= 4 is 11.6 Å². The Morgan fingerprint density at radius 2 is 1.75 bits per heavy atom. The summed E-state index contributed by atoms with van der Waals surface area (Å²) in [5.74, 6) is 0.879. The van der Waals surface area contributed by atoms with Gasteiger partial charge in [-0.15, -0.1) is 0 Å². The van der Waals surface area contributed by atoms with Gasteiger partial charge in [0.25, 0.3) is 0 Å². The van der Waals surface area contributed by atoms with Crippen molar-refractivity contribution in [2.45, 2.75) is 70.4 Å². The maximum atomic E-state index is 6.10. The van der Waals surface area contributed by atoms with Gasteiger partial charge >= 0.3 is 0 Å². The first kappa shape index (κ1) is 14.4. The van der Waals surface area contributed by atoms with Crippen LogP contribution in [-0.2, 0) is 12.8 Å². The minimum atomic E-state index is 0.613. The van der Waals surface area contributed by atoms with Crippen LogP contribution in [0.15, 0.2) is 18.2 Å². The lowest BCUT2D eigenvalue weighted by Crippen LogP contribution is -2.41. The third-order valence-corrected chi connectivity index (χ3v) is 5.44. The number of nitrogens with one attached hydrogen (secondary N) is 1. The Morgan fingerprint density at radius 3 is 2.50 bits per heavy atom. The number of hydrogen-bond acceptors (Lipinski definition) is 1. The van der Waals surface area contributed by atoms with Crippen molar-refractivity contribution in [3.8, 4) is 0 Å². The Bertz CT molecular complexity index is 449. The van der Waals surface area contributed by atoms with Crippen molar-refractivity contribution < 1.29 is 0 Å². The molecule has 20 heavy (non-hydrogen) atoms. The minimum absolute atomic E-state index is 0.613. The second-order valence-electron chi connectivity index (χ2n) is 6.73. The molecule has 1 saturated carbocycles. The van der Waals surface area contributed by atoms with Gasteiger partial charge in [-0.3, -0.25) is 0 Å². The Balaban J connectivity index is 1.56. The van der Waals surface area contributed by atoms with Crippen molar-refractivity contribution in [3.63, 3.8) is 0 Å². The molecular formula is C18H26ClN. The second-order valence-corrected chi connectivity index (χ2v) is 7.16. The zero-order valence-corrected chi connectivity index (χ0v) is 13.3. The van der Waals surface area contributed by atoms with Gasteiger partial charge in [0.05, 0.1) is 0 Å². The number of hydrogen-bond donors (Lipinski definition) is 1. The summed E-state index contributed by atoms with van der Waals surface area (Å²) in [6, 6.07) is 7.65. The van der Waals surface area contributed by atoms with E-state index < -0.39 is 0 Å². The quantitative estimate of drug-likeness (QED) is 0.792. The highest BCUT2D eigenvalue weighted by Gasteiger charge is 2.26. The third kappa shape index (κ3) is 3.38. The van der Waals surface area contributed by atoms with Crippen molar-refractivity contribution in [1.82, 2.24) is 5.32 Å². The van der Waals surface area contributed by atoms with Crippen molar-refractivity contribution in [3.05, 3.63) is 34.3 Å². The first-order valence-corrected chi connectivity index (χ1v) is 8.63. The molecule has 3 rings (SSSR count). The Morgan fingerprint density at radius 1 is 1.05 bits per heavy atom. The monoisotopic (exact) mass is 291 g/mol. The van der Waals surface area contributed by atoms with Crippen LogP contribution in [0.25, 0.3) is 0 Å². The standard InChI is InChI=1S/C18H26ClN/c1-13(14-6-4-2-3-5-7-14)20-18-11-15-8-9-17(19)10-16(15)12-18/h8-10,13-14,18,20H,2-7,11-12H2,1H3/t13-,18?/m0/s1. The Labute approximate surface area is 128 Å². The van der Waals surface area contributed by atoms with E-state index in [9.17, 15) is 0 Å². The van der Waals surface area contributed by atoms with Crippen LogP contribution >= 0.6 is 11.6 Å². The molecule has 1 aromatic rings. The highest BCUT2D eigenvalue weighted by Crippen LogP contribution is 2.29. The number of halogens is 1. The lowest BCUT2D eigenvalue weighted by atomic mass is 9.92. The van der Waals surface area contributed by atoms with Gasteiger partial charge in [0.1, 0.15) is 0 Å². The van der Waals surface area contributed by atoms with Crippen LogP contribution in [0.3, 0.4) is 0 Å². The lowest BCUT2D eigenvalue weighted by Gasteiger charge is -2.27. The Hall–Kier alpha value is -0.530. The molecule has 0 radical (unpaired) electrons. The summed E-state index contributed by atoms with van der Waals surface area (Å²) >= 11 is 6.10. The van der Waals surface area contributed by atoms with Crippen molar-refractivity contribution in [1.29, 1.82) is 0 Å². The van der Waals surface area contributed by atoms with E-state index in [0.717, 1.165) is 17.4 Å². The first-order chi connectivity index (χ1) is 9.72. The molecule has 110 valence electrons. The Kier molecular flexibility index (Phi) is 4.68. The fourth-order valence-electron chi connectivity index (χ4n) is 4.02. The first-order valence-electron chi connectivity index (χ1n) is 8.26. The molecule has 2 aliphatic carbocycles.